The van der Waals surface area contributed by atoms with Gasteiger partial charge in [-0.1, -0.05) is 17.4 Å². The molecule has 0 unspecified atom stereocenters. The van der Waals surface area contributed by atoms with Gasteiger partial charge in [0.05, 0.1) is 22.7 Å². The number of H-pyrrole nitrogens is 2. The van der Waals surface area contributed by atoms with Crippen LogP contribution in [-0.2, 0) is 16.0 Å². The summed E-state index contributed by atoms with van der Waals surface area (Å²) < 4.78 is 12.4. The number of nitrogens with one attached hydrogen (secondary N) is 3. The Morgan fingerprint density at radius 3 is 2.75 bits per heavy atom. The van der Waals surface area contributed by atoms with E-state index in [1.165, 1.54) is 18.4 Å². The molecule has 10 nitrogen and oxygen atoms in total. The van der Waals surface area contributed by atoms with Gasteiger partial charge in [0.15, 0.2) is 15.7 Å². The fourth-order valence-electron chi connectivity index (χ4n) is 3.18. The molecule has 32 heavy (non-hydrogen) atoms. The van der Waals surface area contributed by atoms with E-state index in [1.54, 1.807) is 24.5 Å². The molecule has 0 spiro atoms. The van der Waals surface area contributed by atoms with Gasteiger partial charge in [0.2, 0.25) is 0 Å². The van der Waals surface area contributed by atoms with Gasteiger partial charge in [0.25, 0.3) is 5.91 Å². The lowest BCUT2D eigenvalue weighted by atomic mass is 10.1. The number of ether oxygens (including phenoxy) is 2. The van der Waals surface area contributed by atoms with E-state index in [-0.39, 0.29) is 12.3 Å². The Morgan fingerprint density at radius 2 is 2.06 bits per heavy atom. The molecule has 0 saturated carbocycles. The Balaban J connectivity index is 1.83. The summed E-state index contributed by atoms with van der Waals surface area (Å²) in [4.78, 5) is 33.5. The van der Waals surface area contributed by atoms with Gasteiger partial charge >= 0.3 is 5.97 Å². The van der Waals surface area contributed by atoms with Crippen molar-refractivity contribution >= 4 is 40.6 Å². The standard InChI is InChI=1S/C20H24N6O4S2/c1-6-7-26-16(24-25-20(26)31)15-12(4)22-19(32-15)23-17(27)14-10(2)13(11(3)21-14)18(28)30-9-8-29-5/h6,21H,1,7-9H2,2-5H3,(H,25,31)(H,22,23,27). The second-order valence-electron chi connectivity index (χ2n) is 6.89. The Bertz CT molecular complexity index is 1220. The number of anilines is 1. The smallest absolute Gasteiger partial charge is 0.340 e. The van der Waals surface area contributed by atoms with Crippen LogP contribution in [0.5, 0.6) is 0 Å². The molecule has 3 N–H and O–H groups in total. The van der Waals surface area contributed by atoms with Crippen LogP contribution in [0.1, 0.15) is 37.8 Å². The zero-order valence-electron chi connectivity index (χ0n) is 18.2. The normalized spacial score (nSPS) is 10.9. The number of carbonyl (C=O) groups is 2. The van der Waals surface area contributed by atoms with Crippen molar-refractivity contribution in [3.05, 3.63) is 45.6 Å². The third-order valence-electron chi connectivity index (χ3n) is 4.68. The minimum Gasteiger partial charge on any atom is -0.460 e. The Labute approximate surface area is 193 Å². The van der Waals surface area contributed by atoms with Crippen LogP contribution in [0.15, 0.2) is 12.7 Å². The summed E-state index contributed by atoms with van der Waals surface area (Å²) in [5.74, 6) is -0.296. The van der Waals surface area contributed by atoms with E-state index in [2.05, 4.69) is 32.1 Å². The number of thiazole rings is 1. The molecule has 0 radical (unpaired) electrons. The SMILES string of the molecule is C=CCn1c(-c2sc(NC(=O)c3[nH]c(C)c(C(=O)OCCOC)c3C)nc2C)n[nH]c1=S. The molecule has 0 aromatic carbocycles. The summed E-state index contributed by atoms with van der Waals surface area (Å²) in [7, 11) is 1.52. The Hall–Kier alpha value is -3.09. The average molecular weight is 477 g/mol. The van der Waals surface area contributed by atoms with Crippen LogP contribution < -0.4 is 5.32 Å². The van der Waals surface area contributed by atoms with Crippen molar-refractivity contribution in [3.63, 3.8) is 0 Å². The van der Waals surface area contributed by atoms with E-state index in [1.807, 2.05) is 6.92 Å². The van der Waals surface area contributed by atoms with Crippen molar-refractivity contribution in [2.24, 2.45) is 0 Å². The molecule has 12 heteroatoms. The molecule has 170 valence electrons. The first-order valence-corrected chi connectivity index (χ1v) is 10.9. The number of amides is 1. The summed E-state index contributed by atoms with van der Waals surface area (Å²) in [5, 5.41) is 10.2. The minimum absolute atomic E-state index is 0.132. The van der Waals surface area contributed by atoms with Crippen molar-refractivity contribution in [2.45, 2.75) is 27.3 Å². The summed E-state index contributed by atoms with van der Waals surface area (Å²) in [6.45, 7) is 9.90. The van der Waals surface area contributed by atoms with Gasteiger partial charge < -0.3 is 14.5 Å². The maximum Gasteiger partial charge on any atom is 0.340 e. The molecular formula is C20H24N6O4S2. The molecule has 3 heterocycles. The number of carbonyl (C=O) groups excluding carboxylic acids is 2. The van der Waals surface area contributed by atoms with Crippen molar-refractivity contribution < 1.29 is 19.1 Å². The number of allylic oxidation sites excluding steroid dienone is 1. The number of aromatic nitrogens is 5. The maximum absolute atomic E-state index is 12.9. The number of aryl methyl sites for hydroxylation is 2. The predicted octanol–water partition coefficient (Wildman–Crippen LogP) is 3.56. The van der Waals surface area contributed by atoms with Gasteiger partial charge in [-0.2, -0.15) is 5.10 Å². The summed E-state index contributed by atoms with van der Waals surface area (Å²) in [5.41, 5.74) is 2.35. The fraction of sp³-hybridized carbons (Fsp3) is 0.350. The van der Waals surface area contributed by atoms with E-state index in [0.29, 0.717) is 51.4 Å². The highest BCUT2D eigenvalue weighted by Gasteiger charge is 2.24. The van der Waals surface area contributed by atoms with Crippen molar-refractivity contribution in [2.75, 3.05) is 25.6 Å². The molecule has 0 saturated heterocycles. The van der Waals surface area contributed by atoms with Crippen LogP contribution in [0.25, 0.3) is 10.7 Å². The Kier molecular flexibility index (Phi) is 7.38. The molecule has 3 aromatic rings. The molecule has 0 aliphatic heterocycles. The predicted molar refractivity (Wildman–Crippen MR) is 124 cm³/mol. The van der Waals surface area contributed by atoms with E-state index in [0.717, 1.165) is 4.88 Å². The van der Waals surface area contributed by atoms with Gasteiger partial charge in [-0.3, -0.25) is 19.8 Å². The van der Waals surface area contributed by atoms with Gasteiger partial charge in [0, 0.05) is 19.3 Å². The first kappa shape index (κ1) is 23.6. The molecule has 0 fully saturated rings. The number of hydrogen-bond acceptors (Lipinski definition) is 8. The maximum atomic E-state index is 12.9. The number of aromatic amines is 2. The van der Waals surface area contributed by atoms with Gasteiger partial charge in [-0.05, 0) is 38.6 Å². The average Bonchev–Trinajstić information content (AvgIpc) is 3.37. The van der Waals surface area contributed by atoms with Crippen LogP contribution in [-0.4, -0.2) is 56.9 Å². The molecule has 1 amide bonds. The van der Waals surface area contributed by atoms with Crippen molar-refractivity contribution in [3.8, 4) is 10.7 Å². The first-order valence-electron chi connectivity index (χ1n) is 9.68. The zero-order chi connectivity index (χ0) is 23.4. The molecule has 3 aromatic heterocycles. The lowest BCUT2D eigenvalue weighted by Crippen LogP contribution is -2.14. The van der Waals surface area contributed by atoms with E-state index in [9.17, 15) is 9.59 Å². The number of nitrogens with zero attached hydrogens (tertiary/aromatic N) is 3. The summed E-state index contributed by atoms with van der Waals surface area (Å²) in [6.07, 6.45) is 1.72. The molecule has 0 atom stereocenters. The lowest BCUT2D eigenvalue weighted by Gasteiger charge is -2.05. The van der Waals surface area contributed by atoms with Crippen LogP contribution in [0, 0.1) is 25.5 Å². The van der Waals surface area contributed by atoms with Gasteiger partial charge in [-0.25, -0.2) is 9.78 Å². The lowest BCUT2D eigenvalue weighted by molar-refractivity contribution is 0.0387. The summed E-state index contributed by atoms with van der Waals surface area (Å²) in [6, 6.07) is 0. The first-order chi connectivity index (χ1) is 15.3. The number of methoxy groups -OCH3 is 1. The Morgan fingerprint density at radius 1 is 1.31 bits per heavy atom. The topological polar surface area (TPSA) is 127 Å². The largest absolute Gasteiger partial charge is 0.460 e. The molecular weight excluding hydrogens is 452 g/mol. The van der Waals surface area contributed by atoms with Crippen LogP contribution in [0.4, 0.5) is 5.13 Å². The van der Waals surface area contributed by atoms with Crippen LogP contribution in [0.3, 0.4) is 0 Å². The highest BCUT2D eigenvalue weighted by Crippen LogP contribution is 2.32. The third kappa shape index (κ3) is 4.71. The minimum atomic E-state index is -0.509. The number of hydrogen-bond donors (Lipinski definition) is 3. The van der Waals surface area contributed by atoms with Crippen molar-refractivity contribution in [1.29, 1.82) is 0 Å². The van der Waals surface area contributed by atoms with Crippen molar-refractivity contribution in [1.82, 2.24) is 24.7 Å². The van der Waals surface area contributed by atoms with E-state index >= 15 is 0 Å². The van der Waals surface area contributed by atoms with Crippen LogP contribution in [0.2, 0.25) is 0 Å². The van der Waals surface area contributed by atoms with Gasteiger partial charge in [-0.15, -0.1) is 6.58 Å². The molecule has 0 aliphatic rings. The van der Waals surface area contributed by atoms with E-state index < -0.39 is 11.9 Å². The van der Waals surface area contributed by atoms with Crippen LogP contribution >= 0.6 is 23.6 Å². The fourth-order valence-corrected chi connectivity index (χ4v) is 4.35. The third-order valence-corrected chi connectivity index (χ3v) is 6.06. The summed E-state index contributed by atoms with van der Waals surface area (Å²) >= 11 is 6.55. The molecule has 0 bridgehead atoms. The highest BCUT2D eigenvalue weighted by molar-refractivity contribution is 7.71. The second kappa shape index (κ2) is 10.0. The quantitative estimate of drug-likeness (QED) is 0.186. The second-order valence-corrected chi connectivity index (χ2v) is 8.28. The monoisotopic (exact) mass is 476 g/mol. The van der Waals surface area contributed by atoms with E-state index in [4.69, 9.17) is 21.7 Å². The zero-order valence-corrected chi connectivity index (χ0v) is 19.8. The molecule has 0 aliphatic carbocycles. The molecule has 3 rings (SSSR count). The highest BCUT2D eigenvalue weighted by atomic mass is 32.1. The van der Waals surface area contributed by atoms with Gasteiger partial charge in [0.1, 0.15) is 12.3 Å². The number of rotatable bonds is 9. The number of esters is 1.